The van der Waals surface area contributed by atoms with E-state index < -0.39 is 0 Å². The average Bonchev–Trinajstić information content (AvgIpc) is 2.62. The molecule has 1 N–H and O–H groups in total. The van der Waals surface area contributed by atoms with Gasteiger partial charge in [-0.3, -0.25) is 14.8 Å². The van der Waals surface area contributed by atoms with Crippen molar-refractivity contribution >= 4 is 17.7 Å². The molecule has 24 heavy (non-hydrogen) atoms. The van der Waals surface area contributed by atoms with Crippen LogP contribution < -0.4 is 10.1 Å². The first-order valence-electron chi connectivity index (χ1n) is 7.24. The molecule has 0 saturated heterocycles. The van der Waals surface area contributed by atoms with Crippen molar-refractivity contribution in [3.63, 3.8) is 0 Å². The summed E-state index contributed by atoms with van der Waals surface area (Å²) < 4.78 is 5.58. The fourth-order valence-corrected chi connectivity index (χ4v) is 1.92. The third-order valence-electron chi connectivity index (χ3n) is 2.96. The zero-order valence-electron chi connectivity index (χ0n) is 12.7. The lowest BCUT2D eigenvalue weighted by molar-refractivity contribution is -0.111. The van der Waals surface area contributed by atoms with Crippen LogP contribution in [0.25, 0.3) is 6.08 Å². The molecular weight excluding hydrogens is 304 g/mol. The third kappa shape index (κ3) is 4.48. The van der Waals surface area contributed by atoms with Crippen LogP contribution in [0, 0.1) is 0 Å². The van der Waals surface area contributed by atoms with Crippen LogP contribution in [0.1, 0.15) is 5.69 Å². The highest BCUT2D eigenvalue weighted by Crippen LogP contribution is 2.22. The van der Waals surface area contributed by atoms with E-state index in [4.69, 9.17) is 4.74 Å². The molecule has 2 heterocycles. The van der Waals surface area contributed by atoms with Crippen LogP contribution in [0.15, 0.2) is 73.3 Å². The van der Waals surface area contributed by atoms with Gasteiger partial charge in [0.15, 0.2) is 0 Å². The summed E-state index contributed by atoms with van der Waals surface area (Å²) in [6, 6.07) is 12.5. The number of hydrogen-bond acceptors (Lipinski definition) is 5. The number of pyridine rings is 1. The second-order valence-electron chi connectivity index (χ2n) is 4.75. The van der Waals surface area contributed by atoms with Gasteiger partial charge in [-0.15, -0.1) is 0 Å². The van der Waals surface area contributed by atoms with Crippen molar-refractivity contribution < 1.29 is 9.53 Å². The quantitative estimate of drug-likeness (QED) is 0.730. The van der Waals surface area contributed by atoms with Crippen molar-refractivity contribution in [2.24, 2.45) is 0 Å². The van der Waals surface area contributed by atoms with E-state index in [-0.39, 0.29) is 5.91 Å². The molecule has 0 atom stereocenters. The lowest BCUT2D eigenvalue weighted by atomic mass is 10.3. The van der Waals surface area contributed by atoms with Crippen LogP contribution in [0.4, 0.5) is 5.69 Å². The van der Waals surface area contributed by atoms with E-state index in [9.17, 15) is 4.79 Å². The van der Waals surface area contributed by atoms with Crippen molar-refractivity contribution in [1.82, 2.24) is 15.0 Å². The third-order valence-corrected chi connectivity index (χ3v) is 2.96. The molecule has 0 aliphatic heterocycles. The molecular formula is C18H14N4O2. The number of carbonyl (C=O) groups is 1. The minimum absolute atomic E-state index is 0.252. The minimum Gasteiger partial charge on any atom is -0.437 e. The summed E-state index contributed by atoms with van der Waals surface area (Å²) in [5, 5.41) is 2.77. The molecule has 0 spiro atoms. The van der Waals surface area contributed by atoms with E-state index in [1.165, 1.54) is 12.3 Å². The Kier molecular flexibility index (Phi) is 4.89. The van der Waals surface area contributed by atoms with Gasteiger partial charge in [0.25, 0.3) is 0 Å². The molecule has 0 unspecified atom stereocenters. The van der Waals surface area contributed by atoms with Gasteiger partial charge in [-0.1, -0.05) is 12.1 Å². The normalized spacial score (nSPS) is 10.5. The summed E-state index contributed by atoms with van der Waals surface area (Å²) in [5.41, 5.74) is 1.33. The van der Waals surface area contributed by atoms with Gasteiger partial charge in [0.2, 0.25) is 11.8 Å². The molecule has 3 aromatic rings. The van der Waals surface area contributed by atoms with Crippen molar-refractivity contribution in [3.8, 4) is 11.6 Å². The maximum atomic E-state index is 12.0. The van der Waals surface area contributed by atoms with Crippen molar-refractivity contribution in [3.05, 3.63) is 79.0 Å². The van der Waals surface area contributed by atoms with Gasteiger partial charge in [-0.2, -0.15) is 0 Å². The molecule has 6 heteroatoms. The van der Waals surface area contributed by atoms with Crippen LogP contribution in [0.3, 0.4) is 0 Å². The Balaban J connectivity index is 1.64. The predicted molar refractivity (Wildman–Crippen MR) is 90.4 cm³/mol. The summed E-state index contributed by atoms with van der Waals surface area (Å²) >= 11 is 0. The van der Waals surface area contributed by atoms with Crippen molar-refractivity contribution in [2.45, 2.75) is 0 Å². The first-order chi connectivity index (χ1) is 11.8. The molecule has 0 radical (unpaired) electrons. The number of anilines is 1. The van der Waals surface area contributed by atoms with Gasteiger partial charge in [-0.05, 0) is 30.3 Å². The highest BCUT2D eigenvalue weighted by molar-refractivity contribution is 6.01. The highest BCUT2D eigenvalue weighted by atomic mass is 16.5. The second-order valence-corrected chi connectivity index (χ2v) is 4.75. The molecule has 2 aromatic heterocycles. The number of hydrogen-bond donors (Lipinski definition) is 1. The van der Waals surface area contributed by atoms with Crippen molar-refractivity contribution in [2.75, 3.05) is 5.32 Å². The lowest BCUT2D eigenvalue weighted by Crippen LogP contribution is -2.07. The fourth-order valence-electron chi connectivity index (χ4n) is 1.92. The van der Waals surface area contributed by atoms with Gasteiger partial charge in [0.05, 0.1) is 11.9 Å². The number of amides is 1. The van der Waals surface area contributed by atoms with Crippen LogP contribution in [-0.4, -0.2) is 20.9 Å². The molecule has 6 nitrogen and oxygen atoms in total. The Morgan fingerprint density at radius 3 is 2.79 bits per heavy atom. The summed E-state index contributed by atoms with van der Waals surface area (Å²) in [7, 11) is 0. The summed E-state index contributed by atoms with van der Waals surface area (Å²) in [6.45, 7) is 0. The van der Waals surface area contributed by atoms with Crippen LogP contribution in [0.2, 0.25) is 0 Å². The van der Waals surface area contributed by atoms with Gasteiger partial charge in [0, 0.05) is 36.4 Å². The second kappa shape index (κ2) is 7.64. The van der Waals surface area contributed by atoms with E-state index in [0.717, 1.165) is 0 Å². The number of benzene rings is 1. The minimum atomic E-state index is -0.252. The molecule has 1 aromatic carbocycles. The fraction of sp³-hybridized carbons (Fsp3) is 0. The average molecular weight is 318 g/mol. The number of nitrogens with zero attached hydrogens (tertiary/aromatic N) is 3. The smallest absolute Gasteiger partial charge is 0.248 e. The SMILES string of the molecule is O=C(/C=C/c1ccccn1)Nc1cccc(Oc2cnccn2)c1. The Labute approximate surface area is 138 Å². The zero-order chi connectivity index (χ0) is 16.6. The van der Waals surface area contributed by atoms with E-state index in [2.05, 4.69) is 20.3 Å². The number of rotatable bonds is 5. The highest BCUT2D eigenvalue weighted by Gasteiger charge is 2.02. The van der Waals surface area contributed by atoms with Crippen LogP contribution >= 0.6 is 0 Å². The zero-order valence-corrected chi connectivity index (χ0v) is 12.7. The molecule has 0 saturated carbocycles. The number of ether oxygens (including phenoxy) is 1. The predicted octanol–water partition coefficient (Wildman–Crippen LogP) is 3.32. The topological polar surface area (TPSA) is 77.0 Å². The maximum absolute atomic E-state index is 12.0. The van der Waals surface area contributed by atoms with E-state index in [1.54, 1.807) is 48.9 Å². The Morgan fingerprint density at radius 1 is 1.04 bits per heavy atom. The first kappa shape index (κ1) is 15.4. The molecule has 0 fully saturated rings. The van der Waals surface area contributed by atoms with E-state index >= 15 is 0 Å². The van der Waals surface area contributed by atoms with Crippen LogP contribution in [0.5, 0.6) is 11.6 Å². The van der Waals surface area contributed by atoms with Gasteiger partial charge in [0.1, 0.15) is 5.75 Å². The summed E-state index contributed by atoms with van der Waals surface area (Å²) in [4.78, 5) is 24.1. The molecule has 3 rings (SSSR count). The van der Waals surface area contributed by atoms with E-state index in [1.807, 2.05) is 18.2 Å². The van der Waals surface area contributed by atoms with Crippen molar-refractivity contribution in [1.29, 1.82) is 0 Å². The standard InChI is InChI=1S/C18H14N4O2/c23-17(8-7-14-4-1-2-9-20-14)22-15-5-3-6-16(12-15)24-18-13-19-10-11-21-18/h1-13H,(H,22,23)/b8-7+. The first-order valence-corrected chi connectivity index (χ1v) is 7.24. The van der Waals surface area contributed by atoms with Gasteiger partial charge >= 0.3 is 0 Å². The molecule has 0 aliphatic carbocycles. The Hall–Kier alpha value is -3.54. The Bertz CT molecular complexity index is 836. The summed E-state index contributed by atoms with van der Waals surface area (Å²) in [5.74, 6) is 0.690. The largest absolute Gasteiger partial charge is 0.437 e. The Morgan fingerprint density at radius 2 is 2.00 bits per heavy atom. The van der Waals surface area contributed by atoms with E-state index in [0.29, 0.717) is 23.0 Å². The maximum Gasteiger partial charge on any atom is 0.248 e. The molecule has 118 valence electrons. The number of nitrogens with one attached hydrogen (secondary N) is 1. The van der Waals surface area contributed by atoms with Gasteiger partial charge < -0.3 is 10.1 Å². The molecule has 0 bridgehead atoms. The molecule has 1 amide bonds. The molecule has 0 aliphatic rings. The summed E-state index contributed by atoms with van der Waals surface area (Å²) in [6.07, 6.45) is 9.38. The van der Waals surface area contributed by atoms with Gasteiger partial charge in [-0.25, -0.2) is 4.98 Å². The monoisotopic (exact) mass is 318 g/mol. The number of carbonyl (C=O) groups excluding carboxylic acids is 1. The lowest BCUT2D eigenvalue weighted by Gasteiger charge is -2.06. The number of aromatic nitrogens is 3. The van der Waals surface area contributed by atoms with Crippen LogP contribution in [-0.2, 0) is 4.79 Å².